The standard InChI is InChI=1S/C19H31N3O2S/c1-24-16-8-6-15(7-9-16)18(22-11-4-3-5-12-22)14-21-19(23)17(20)10-13-25-2/h6-9,17-18H,3-5,10-14,20H2,1-2H3,(H,21,23). The third kappa shape index (κ3) is 6.20. The van der Waals surface area contributed by atoms with E-state index in [1.807, 2.05) is 18.4 Å². The van der Waals surface area contributed by atoms with Gasteiger partial charge in [0.25, 0.3) is 0 Å². The number of carbonyl (C=O) groups excluding carboxylic acids is 1. The van der Waals surface area contributed by atoms with E-state index in [4.69, 9.17) is 10.5 Å². The van der Waals surface area contributed by atoms with Crippen molar-refractivity contribution in [2.75, 3.05) is 38.8 Å². The number of nitrogens with one attached hydrogen (secondary N) is 1. The second kappa shape index (κ2) is 10.7. The van der Waals surface area contributed by atoms with Crippen molar-refractivity contribution in [3.05, 3.63) is 29.8 Å². The molecule has 3 N–H and O–H groups in total. The highest BCUT2D eigenvalue weighted by atomic mass is 32.2. The van der Waals surface area contributed by atoms with Crippen molar-refractivity contribution in [2.24, 2.45) is 5.73 Å². The Kier molecular flexibility index (Phi) is 8.58. The van der Waals surface area contributed by atoms with E-state index in [1.165, 1.54) is 24.8 Å². The number of rotatable bonds is 9. The van der Waals surface area contributed by atoms with Gasteiger partial charge in [-0.3, -0.25) is 9.69 Å². The predicted octanol–water partition coefficient (Wildman–Crippen LogP) is 2.42. The Morgan fingerprint density at radius 3 is 2.56 bits per heavy atom. The highest BCUT2D eigenvalue weighted by Gasteiger charge is 2.24. The van der Waals surface area contributed by atoms with Crippen LogP contribution in [0.15, 0.2) is 24.3 Å². The zero-order chi connectivity index (χ0) is 18.1. The molecular weight excluding hydrogens is 334 g/mol. The van der Waals surface area contributed by atoms with Crippen molar-refractivity contribution >= 4 is 17.7 Å². The van der Waals surface area contributed by atoms with Crippen LogP contribution in [0.25, 0.3) is 0 Å². The zero-order valence-electron chi connectivity index (χ0n) is 15.4. The molecule has 0 saturated carbocycles. The summed E-state index contributed by atoms with van der Waals surface area (Å²) in [6.07, 6.45) is 6.46. The van der Waals surface area contributed by atoms with E-state index in [1.54, 1.807) is 18.9 Å². The van der Waals surface area contributed by atoms with Gasteiger partial charge in [0.2, 0.25) is 5.91 Å². The van der Waals surface area contributed by atoms with Gasteiger partial charge in [-0.15, -0.1) is 0 Å². The highest BCUT2D eigenvalue weighted by molar-refractivity contribution is 7.98. The van der Waals surface area contributed by atoms with Gasteiger partial charge in [0, 0.05) is 6.54 Å². The number of ether oxygens (including phenoxy) is 1. The van der Waals surface area contributed by atoms with Gasteiger partial charge < -0.3 is 15.8 Å². The lowest BCUT2D eigenvalue weighted by Gasteiger charge is -2.35. The van der Waals surface area contributed by atoms with Crippen LogP contribution in [0.4, 0.5) is 0 Å². The maximum absolute atomic E-state index is 12.3. The van der Waals surface area contributed by atoms with Crippen LogP contribution < -0.4 is 15.8 Å². The number of carbonyl (C=O) groups is 1. The summed E-state index contributed by atoms with van der Waals surface area (Å²) in [5, 5.41) is 3.07. The first-order chi connectivity index (χ1) is 12.2. The van der Waals surface area contributed by atoms with Crippen LogP contribution in [0, 0.1) is 0 Å². The number of thioether (sulfide) groups is 1. The summed E-state index contributed by atoms with van der Waals surface area (Å²) in [6.45, 7) is 2.74. The summed E-state index contributed by atoms with van der Waals surface area (Å²) < 4.78 is 5.26. The summed E-state index contributed by atoms with van der Waals surface area (Å²) in [5.74, 6) is 1.71. The predicted molar refractivity (Wildman–Crippen MR) is 105 cm³/mol. The van der Waals surface area contributed by atoms with Crippen LogP contribution in [-0.2, 0) is 4.79 Å². The summed E-state index contributed by atoms with van der Waals surface area (Å²) >= 11 is 1.71. The quantitative estimate of drug-likeness (QED) is 0.703. The molecule has 1 aromatic carbocycles. The minimum absolute atomic E-state index is 0.0513. The van der Waals surface area contributed by atoms with E-state index in [2.05, 4.69) is 22.3 Å². The van der Waals surface area contributed by atoms with E-state index >= 15 is 0 Å². The van der Waals surface area contributed by atoms with Crippen molar-refractivity contribution in [1.29, 1.82) is 0 Å². The van der Waals surface area contributed by atoms with Crippen LogP contribution in [0.2, 0.25) is 0 Å². The Morgan fingerprint density at radius 2 is 1.96 bits per heavy atom. The van der Waals surface area contributed by atoms with Crippen molar-refractivity contribution in [3.63, 3.8) is 0 Å². The minimum Gasteiger partial charge on any atom is -0.497 e. The van der Waals surface area contributed by atoms with Crippen LogP contribution >= 0.6 is 11.8 Å². The summed E-state index contributed by atoms with van der Waals surface area (Å²) in [4.78, 5) is 14.8. The monoisotopic (exact) mass is 365 g/mol. The molecule has 1 aliphatic heterocycles. The number of hydrogen-bond acceptors (Lipinski definition) is 5. The Morgan fingerprint density at radius 1 is 1.28 bits per heavy atom. The summed E-state index contributed by atoms with van der Waals surface area (Å²) in [7, 11) is 1.67. The molecule has 0 radical (unpaired) electrons. The number of benzene rings is 1. The van der Waals surface area contributed by atoms with Crippen molar-refractivity contribution in [2.45, 2.75) is 37.8 Å². The number of amides is 1. The second-order valence-electron chi connectivity index (χ2n) is 6.52. The fourth-order valence-electron chi connectivity index (χ4n) is 3.22. The molecule has 1 amide bonds. The van der Waals surface area contributed by atoms with Gasteiger partial charge in [0.1, 0.15) is 5.75 Å². The van der Waals surface area contributed by atoms with E-state index in [-0.39, 0.29) is 11.9 Å². The molecule has 0 aliphatic carbocycles. The molecule has 25 heavy (non-hydrogen) atoms. The largest absolute Gasteiger partial charge is 0.497 e. The molecule has 0 aromatic heterocycles. The molecule has 0 spiro atoms. The second-order valence-corrected chi connectivity index (χ2v) is 7.50. The lowest BCUT2D eigenvalue weighted by Crippen LogP contribution is -2.45. The average molecular weight is 366 g/mol. The lowest BCUT2D eigenvalue weighted by atomic mass is 10.0. The van der Waals surface area contributed by atoms with E-state index in [0.717, 1.165) is 24.6 Å². The maximum Gasteiger partial charge on any atom is 0.237 e. The molecule has 1 fully saturated rings. The van der Waals surface area contributed by atoms with Gasteiger partial charge in [-0.1, -0.05) is 18.6 Å². The molecule has 2 unspecified atom stereocenters. The number of hydrogen-bond donors (Lipinski definition) is 2. The third-order valence-corrected chi connectivity index (χ3v) is 5.42. The van der Waals surface area contributed by atoms with Gasteiger partial charge in [0.05, 0.1) is 19.2 Å². The van der Waals surface area contributed by atoms with Crippen LogP contribution in [0.1, 0.15) is 37.3 Å². The van der Waals surface area contributed by atoms with Gasteiger partial charge >= 0.3 is 0 Å². The first-order valence-corrected chi connectivity index (χ1v) is 10.5. The normalized spacial score (nSPS) is 17.7. The fourth-order valence-corrected chi connectivity index (χ4v) is 3.71. The molecule has 5 nitrogen and oxygen atoms in total. The van der Waals surface area contributed by atoms with Gasteiger partial charge in [0.15, 0.2) is 0 Å². The smallest absolute Gasteiger partial charge is 0.237 e. The molecule has 1 heterocycles. The molecule has 140 valence electrons. The molecule has 6 heteroatoms. The maximum atomic E-state index is 12.3. The molecule has 2 atom stereocenters. The van der Waals surface area contributed by atoms with Gasteiger partial charge in [-0.2, -0.15) is 11.8 Å². The first kappa shape index (κ1) is 20.1. The highest BCUT2D eigenvalue weighted by Crippen LogP contribution is 2.25. The summed E-state index contributed by atoms with van der Waals surface area (Å²) in [6, 6.07) is 7.92. The fraction of sp³-hybridized carbons (Fsp3) is 0.632. The Labute approximate surface area is 155 Å². The van der Waals surface area contributed by atoms with Crippen molar-refractivity contribution in [1.82, 2.24) is 10.2 Å². The Balaban J connectivity index is 2.02. The molecule has 1 aliphatic rings. The van der Waals surface area contributed by atoms with Crippen molar-refractivity contribution < 1.29 is 9.53 Å². The minimum atomic E-state index is -0.426. The number of likely N-dealkylation sites (tertiary alicyclic amines) is 1. The SMILES string of the molecule is COc1ccc(C(CNC(=O)C(N)CCSC)N2CCCCC2)cc1. The van der Waals surface area contributed by atoms with Crippen molar-refractivity contribution in [3.8, 4) is 5.75 Å². The topological polar surface area (TPSA) is 67.6 Å². The number of nitrogens with two attached hydrogens (primary N) is 1. The zero-order valence-corrected chi connectivity index (χ0v) is 16.2. The van der Waals surface area contributed by atoms with Crippen LogP contribution in [0.3, 0.4) is 0 Å². The molecule has 1 aromatic rings. The Bertz CT molecular complexity index is 518. The van der Waals surface area contributed by atoms with Gasteiger partial charge in [-0.05, 0) is 62.1 Å². The van der Waals surface area contributed by atoms with E-state index in [0.29, 0.717) is 13.0 Å². The summed E-state index contributed by atoms with van der Waals surface area (Å²) in [5.41, 5.74) is 7.20. The van der Waals surface area contributed by atoms with Crippen LogP contribution in [0.5, 0.6) is 5.75 Å². The number of methoxy groups -OCH3 is 1. The molecule has 0 bridgehead atoms. The average Bonchev–Trinajstić information content (AvgIpc) is 2.67. The molecular formula is C19H31N3O2S. The third-order valence-electron chi connectivity index (χ3n) is 4.77. The number of nitrogens with zero attached hydrogens (tertiary/aromatic N) is 1. The number of piperidine rings is 1. The molecule has 2 rings (SSSR count). The first-order valence-electron chi connectivity index (χ1n) is 9.06. The molecule has 1 saturated heterocycles. The lowest BCUT2D eigenvalue weighted by molar-refractivity contribution is -0.122. The van der Waals surface area contributed by atoms with E-state index in [9.17, 15) is 4.79 Å². The van der Waals surface area contributed by atoms with Crippen LogP contribution in [-0.4, -0.2) is 55.6 Å². The van der Waals surface area contributed by atoms with E-state index < -0.39 is 6.04 Å². The Hall–Kier alpha value is -1.24. The van der Waals surface area contributed by atoms with Gasteiger partial charge in [-0.25, -0.2) is 0 Å².